The molecule has 0 spiro atoms. The average Bonchev–Trinajstić information content (AvgIpc) is 3.05. The lowest BCUT2D eigenvalue weighted by Gasteiger charge is -2.39. The summed E-state index contributed by atoms with van der Waals surface area (Å²) in [4.78, 5) is 9.43. The van der Waals surface area contributed by atoms with Gasteiger partial charge >= 0.3 is 0 Å². The van der Waals surface area contributed by atoms with Gasteiger partial charge in [0.25, 0.3) is 0 Å². The molecular weight excluding hydrogens is 316 g/mol. The molecule has 1 aromatic carbocycles. The molecule has 2 heterocycles. The molecule has 0 N–H and O–H groups in total. The van der Waals surface area contributed by atoms with Crippen LogP contribution in [0.15, 0.2) is 34.9 Å². The third kappa shape index (κ3) is 5.36. The van der Waals surface area contributed by atoms with Crippen LogP contribution in [0.5, 0.6) is 0 Å². The van der Waals surface area contributed by atoms with Crippen molar-refractivity contribution in [2.24, 2.45) is 0 Å². The summed E-state index contributed by atoms with van der Waals surface area (Å²) in [5.74, 6) is 1.46. The van der Waals surface area contributed by atoms with Crippen LogP contribution in [0.1, 0.15) is 31.1 Å². The van der Waals surface area contributed by atoms with Crippen molar-refractivity contribution < 1.29 is 9.26 Å². The number of aromatic nitrogens is 2. The number of ether oxygens (including phenoxy) is 1. The summed E-state index contributed by atoms with van der Waals surface area (Å²) in [6.45, 7) is 10.7. The number of rotatable bonds is 8. The summed E-state index contributed by atoms with van der Waals surface area (Å²) in [7, 11) is 0. The van der Waals surface area contributed by atoms with Gasteiger partial charge in [0.15, 0.2) is 5.82 Å². The van der Waals surface area contributed by atoms with Crippen LogP contribution >= 0.6 is 0 Å². The Balaban J connectivity index is 1.47. The topological polar surface area (TPSA) is 54.6 Å². The minimum atomic E-state index is 0.515. The van der Waals surface area contributed by atoms with Gasteiger partial charge in [-0.1, -0.05) is 35.5 Å². The molecule has 1 atom stereocenters. The quantitative estimate of drug-likeness (QED) is 0.685. The van der Waals surface area contributed by atoms with E-state index in [1.165, 1.54) is 5.56 Å². The van der Waals surface area contributed by atoms with Gasteiger partial charge in [-0.2, -0.15) is 4.98 Å². The number of hydrogen-bond donors (Lipinski definition) is 0. The summed E-state index contributed by atoms with van der Waals surface area (Å²) in [6.07, 6.45) is 0.714. The third-order valence-electron chi connectivity index (χ3n) is 4.65. The SMILES string of the molecule is CCOCCN1CCN(Cc2nc(Cc3ccccc3)no2)C[C@@H]1C. The number of benzene rings is 1. The zero-order chi connectivity index (χ0) is 17.5. The van der Waals surface area contributed by atoms with Crippen LogP contribution in [0.25, 0.3) is 0 Å². The van der Waals surface area contributed by atoms with Crippen LogP contribution in [0.4, 0.5) is 0 Å². The third-order valence-corrected chi connectivity index (χ3v) is 4.65. The maximum Gasteiger partial charge on any atom is 0.240 e. The lowest BCUT2D eigenvalue weighted by Crippen LogP contribution is -2.52. The van der Waals surface area contributed by atoms with E-state index in [1.54, 1.807) is 0 Å². The molecule has 1 fully saturated rings. The fraction of sp³-hybridized carbons (Fsp3) is 0.579. The minimum Gasteiger partial charge on any atom is -0.380 e. The van der Waals surface area contributed by atoms with E-state index in [-0.39, 0.29) is 0 Å². The molecule has 0 aliphatic carbocycles. The second kappa shape index (κ2) is 9.08. The molecule has 0 bridgehead atoms. The largest absolute Gasteiger partial charge is 0.380 e. The van der Waals surface area contributed by atoms with Crippen molar-refractivity contribution in [1.29, 1.82) is 0 Å². The monoisotopic (exact) mass is 344 g/mol. The first-order valence-corrected chi connectivity index (χ1v) is 9.14. The van der Waals surface area contributed by atoms with Gasteiger partial charge in [-0.15, -0.1) is 0 Å². The molecule has 25 heavy (non-hydrogen) atoms. The normalized spacial score (nSPS) is 19.4. The Hall–Kier alpha value is -1.76. The van der Waals surface area contributed by atoms with Gasteiger partial charge in [-0.3, -0.25) is 9.80 Å². The van der Waals surface area contributed by atoms with Crippen molar-refractivity contribution in [2.75, 3.05) is 39.4 Å². The van der Waals surface area contributed by atoms with Gasteiger partial charge in [0.1, 0.15) is 0 Å². The van der Waals surface area contributed by atoms with E-state index in [1.807, 2.05) is 25.1 Å². The van der Waals surface area contributed by atoms with Gasteiger partial charge in [0, 0.05) is 45.2 Å². The lowest BCUT2D eigenvalue weighted by molar-refractivity contribution is 0.0430. The van der Waals surface area contributed by atoms with E-state index in [0.29, 0.717) is 18.4 Å². The van der Waals surface area contributed by atoms with E-state index in [0.717, 1.165) is 51.8 Å². The Kier molecular flexibility index (Phi) is 6.55. The Morgan fingerprint density at radius 3 is 2.84 bits per heavy atom. The summed E-state index contributed by atoms with van der Waals surface area (Å²) in [5, 5.41) is 4.12. The van der Waals surface area contributed by atoms with E-state index < -0.39 is 0 Å². The molecular formula is C19H28N4O2. The van der Waals surface area contributed by atoms with Crippen molar-refractivity contribution in [3.63, 3.8) is 0 Å². The zero-order valence-electron chi connectivity index (χ0n) is 15.2. The van der Waals surface area contributed by atoms with Crippen molar-refractivity contribution in [2.45, 2.75) is 32.9 Å². The highest BCUT2D eigenvalue weighted by molar-refractivity contribution is 5.18. The molecule has 3 rings (SSSR count). The van der Waals surface area contributed by atoms with Crippen molar-refractivity contribution >= 4 is 0 Å². The minimum absolute atomic E-state index is 0.515. The molecule has 1 aliphatic rings. The molecule has 6 nitrogen and oxygen atoms in total. The molecule has 1 aromatic heterocycles. The molecule has 2 aromatic rings. The van der Waals surface area contributed by atoms with Crippen molar-refractivity contribution in [3.8, 4) is 0 Å². The molecule has 1 aliphatic heterocycles. The summed E-state index contributed by atoms with van der Waals surface area (Å²) >= 11 is 0. The maximum atomic E-state index is 5.47. The van der Waals surface area contributed by atoms with Gasteiger partial charge < -0.3 is 9.26 Å². The van der Waals surface area contributed by atoms with Gasteiger partial charge in [0.05, 0.1) is 13.2 Å². The lowest BCUT2D eigenvalue weighted by atomic mass is 10.1. The van der Waals surface area contributed by atoms with Crippen LogP contribution in [0, 0.1) is 0 Å². The Morgan fingerprint density at radius 2 is 2.08 bits per heavy atom. The fourth-order valence-electron chi connectivity index (χ4n) is 3.27. The van der Waals surface area contributed by atoms with E-state index in [2.05, 4.69) is 39.0 Å². The number of piperazine rings is 1. The highest BCUT2D eigenvalue weighted by Gasteiger charge is 2.24. The van der Waals surface area contributed by atoms with Crippen LogP contribution < -0.4 is 0 Å². The number of nitrogens with zero attached hydrogens (tertiary/aromatic N) is 4. The molecule has 0 unspecified atom stereocenters. The summed E-state index contributed by atoms with van der Waals surface area (Å²) < 4.78 is 10.9. The first kappa shape index (κ1) is 18.0. The second-order valence-electron chi connectivity index (χ2n) is 6.58. The molecule has 0 saturated carbocycles. The molecule has 0 amide bonds. The fourth-order valence-corrected chi connectivity index (χ4v) is 3.27. The first-order chi connectivity index (χ1) is 12.2. The van der Waals surface area contributed by atoms with Crippen molar-refractivity contribution in [3.05, 3.63) is 47.6 Å². The average molecular weight is 344 g/mol. The van der Waals surface area contributed by atoms with Gasteiger partial charge in [-0.25, -0.2) is 0 Å². The van der Waals surface area contributed by atoms with Gasteiger partial charge in [0.2, 0.25) is 5.89 Å². The zero-order valence-corrected chi connectivity index (χ0v) is 15.2. The van der Waals surface area contributed by atoms with E-state index >= 15 is 0 Å². The standard InChI is InChI=1S/C19H28N4O2/c1-3-24-12-11-23-10-9-22(14-16(23)2)15-19-20-18(21-25-19)13-17-7-5-4-6-8-17/h4-8,16H,3,9-15H2,1-2H3/t16-/m0/s1. The Morgan fingerprint density at radius 1 is 1.24 bits per heavy atom. The van der Waals surface area contributed by atoms with Crippen LogP contribution in [-0.2, 0) is 17.7 Å². The first-order valence-electron chi connectivity index (χ1n) is 9.14. The Bertz CT molecular complexity index is 631. The van der Waals surface area contributed by atoms with Crippen molar-refractivity contribution in [1.82, 2.24) is 19.9 Å². The summed E-state index contributed by atoms with van der Waals surface area (Å²) in [6, 6.07) is 10.8. The molecule has 6 heteroatoms. The molecule has 1 saturated heterocycles. The van der Waals surface area contributed by atoms with E-state index in [9.17, 15) is 0 Å². The van der Waals surface area contributed by atoms with Gasteiger partial charge in [-0.05, 0) is 19.4 Å². The van der Waals surface area contributed by atoms with E-state index in [4.69, 9.17) is 9.26 Å². The highest BCUT2D eigenvalue weighted by Crippen LogP contribution is 2.13. The van der Waals surface area contributed by atoms with Crippen LogP contribution in [0.3, 0.4) is 0 Å². The number of hydrogen-bond acceptors (Lipinski definition) is 6. The highest BCUT2D eigenvalue weighted by atomic mass is 16.5. The molecule has 0 radical (unpaired) electrons. The smallest absolute Gasteiger partial charge is 0.240 e. The molecule has 136 valence electrons. The second-order valence-corrected chi connectivity index (χ2v) is 6.58. The van der Waals surface area contributed by atoms with Crippen LogP contribution in [0.2, 0.25) is 0 Å². The predicted molar refractivity (Wildman–Crippen MR) is 96.4 cm³/mol. The summed E-state index contributed by atoms with van der Waals surface area (Å²) in [5.41, 5.74) is 1.20. The predicted octanol–water partition coefficient (Wildman–Crippen LogP) is 2.20. The van der Waals surface area contributed by atoms with Crippen LogP contribution in [-0.4, -0.2) is 65.4 Å². The Labute approximate surface area is 149 Å². The maximum absolute atomic E-state index is 5.47.